The number of para-hydroxylation sites is 1. The van der Waals surface area contributed by atoms with Gasteiger partial charge in [0.05, 0.1) is 20.8 Å². The highest BCUT2D eigenvalue weighted by Crippen LogP contribution is 2.31. The minimum atomic E-state index is -4.47. The summed E-state index contributed by atoms with van der Waals surface area (Å²) in [5.41, 5.74) is 1.87. The van der Waals surface area contributed by atoms with Crippen molar-refractivity contribution in [2.24, 2.45) is 0 Å². The SMILES string of the molecule is Cc1cc(C(=O)COC(=O)CCCc2nc3ccccc3s2)c(C)n1-c1cccc(C(F)(F)F)c1. The minimum Gasteiger partial charge on any atom is -0.457 e. The summed E-state index contributed by atoms with van der Waals surface area (Å²) in [5.74, 6) is -0.887. The Hall–Kier alpha value is -3.46. The van der Waals surface area contributed by atoms with E-state index in [0.29, 0.717) is 35.5 Å². The lowest BCUT2D eigenvalue weighted by molar-refractivity contribution is -0.142. The van der Waals surface area contributed by atoms with Gasteiger partial charge in [-0.15, -0.1) is 11.3 Å². The first-order valence-electron chi connectivity index (χ1n) is 11.0. The lowest BCUT2D eigenvalue weighted by Crippen LogP contribution is -2.15. The van der Waals surface area contributed by atoms with Crippen molar-refractivity contribution >= 4 is 33.3 Å². The Morgan fingerprint density at radius 3 is 2.57 bits per heavy atom. The van der Waals surface area contributed by atoms with Crippen molar-refractivity contribution in [1.82, 2.24) is 9.55 Å². The number of ketones is 1. The number of nitrogens with zero attached hydrogens (tertiary/aromatic N) is 2. The van der Waals surface area contributed by atoms with E-state index in [-0.39, 0.29) is 6.42 Å². The Kier molecular flexibility index (Phi) is 7.07. The van der Waals surface area contributed by atoms with E-state index >= 15 is 0 Å². The van der Waals surface area contributed by atoms with Gasteiger partial charge in [0.2, 0.25) is 5.78 Å². The molecule has 0 saturated carbocycles. The van der Waals surface area contributed by atoms with Gasteiger partial charge in [0.15, 0.2) is 6.61 Å². The zero-order valence-corrected chi connectivity index (χ0v) is 20.0. The molecule has 4 aromatic rings. The van der Waals surface area contributed by atoms with Crippen LogP contribution in [0, 0.1) is 13.8 Å². The van der Waals surface area contributed by atoms with Gasteiger partial charge in [-0.1, -0.05) is 18.2 Å². The zero-order valence-electron chi connectivity index (χ0n) is 19.2. The number of aromatic nitrogens is 2. The monoisotopic (exact) mass is 500 g/mol. The predicted octanol–water partition coefficient (Wildman–Crippen LogP) is 6.47. The van der Waals surface area contributed by atoms with Gasteiger partial charge in [-0.2, -0.15) is 13.2 Å². The number of fused-ring (bicyclic) bond motifs is 1. The number of thiazole rings is 1. The average Bonchev–Trinajstić information content (AvgIpc) is 3.36. The quantitative estimate of drug-likeness (QED) is 0.205. The number of ether oxygens (including phenoxy) is 1. The molecule has 0 aliphatic rings. The molecule has 0 bridgehead atoms. The molecule has 2 heterocycles. The molecule has 2 aromatic heterocycles. The maximum atomic E-state index is 13.1. The van der Waals surface area contributed by atoms with Crippen LogP contribution in [0.2, 0.25) is 0 Å². The number of aryl methyl sites for hydroxylation is 2. The molecule has 5 nitrogen and oxygen atoms in total. The van der Waals surface area contributed by atoms with Gasteiger partial charge < -0.3 is 9.30 Å². The number of alkyl halides is 3. The first kappa shape index (κ1) is 24.7. The normalized spacial score (nSPS) is 11.7. The summed E-state index contributed by atoms with van der Waals surface area (Å²) in [6, 6.07) is 14.3. The molecule has 9 heteroatoms. The third-order valence-electron chi connectivity index (χ3n) is 5.64. The molecule has 0 spiro atoms. The van der Waals surface area contributed by atoms with Crippen molar-refractivity contribution in [2.45, 2.75) is 39.3 Å². The van der Waals surface area contributed by atoms with E-state index in [1.807, 2.05) is 24.3 Å². The second kappa shape index (κ2) is 10.0. The standard InChI is InChI=1S/C26H23F3N2O3S/c1-16-13-20(17(2)31(16)19-8-5-7-18(14-19)26(27,28)29)22(32)15-34-25(33)12-6-11-24-30-21-9-3-4-10-23(21)35-24/h3-5,7-10,13-14H,6,11-12,15H2,1-2H3. The van der Waals surface area contributed by atoms with Crippen molar-refractivity contribution in [3.8, 4) is 5.69 Å². The molecule has 0 saturated heterocycles. The van der Waals surface area contributed by atoms with Gasteiger partial charge in [0, 0.05) is 29.1 Å². The van der Waals surface area contributed by atoms with Crippen LogP contribution in [0.1, 0.15) is 45.2 Å². The van der Waals surface area contributed by atoms with E-state index in [9.17, 15) is 22.8 Å². The Morgan fingerprint density at radius 2 is 1.83 bits per heavy atom. The third-order valence-corrected chi connectivity index (χ3v) is 6.73. The summed E-state index contributed by atoms with van der Waals surface area (Å²) in [4.78, 5) is 29.4. The molecule has 182 valence electrons. The lowest BCUT2D eigenvalue weighted by Gasteiger charge is -2.13. The number of rotatable bonds is 8. The van der Waals surface area contributed by atoms with Crippen molar-refractivity contribution in [1.29, 1.82) is 0 Å². The summed E-state index contributed by atoms with van der Waals surface area (Å²) in [5, 5.41) is 0.942. The van der Waals surface area contributed by atoms with E-state index in [0.717, 1.165) is 27.4 Å². The topological polar surface area (TPSA) is 61.2 Å². The first-order valence-corrected chi connectivity index (χ1v) is 11.8. The van der Waals surface area contributed by atoms with E-state index in [1.54, 1.807) is 41.9 Å². The predicted molar refractivity (Wildman–Crippen MR) is 128 cm³/mol. The van der Waals surface area contributed by atoms with Crippen molar-refractivity contribution in [3.63, 3.8) is 0 Å². The number of benzene rings is 2. The van der Waals surface area contributed by atoms with Crippen molar-refractivity contribution in [3.05, 3.63) is 82.1 Å². The van der Waals surface area contributed by atoms with Crippen LogP contribution in [0.25, 0.3) is 15.9 Å². The van der Waals surface area contributed by atoms with Crippen LogP contribution in [0.5, 0.6) is 0 Å². The molecule has 4 rings (SSSR count). The molecule has 0 amide bonds. The van der Waals surface area contributed by atoms with Gasteiger partial charge >= 0.3 is 12.1 Å². The van der Waals surface area contributed by atoms with Crippen LogP contribution < -0.4 is 0 Å². The zero-order chi connectivity index (χ0) is 25.2. The molecule has 0 aliphatic heterocycles. The largest absolute Gasteiger partial charge is 0.457 e. The van der Waals surface area contributed by atoms with Gasteiger partial charge in [0.1, 0.15) is 0 Å². The van der Waals surface area contributed by atoms with Crippen LogP contribution in [0.4, 0.5) is 13.2 Å². The van der Waals surface area contributed by atoms with Crippen molar-refractivity contribution in [2.75, 3.05) is 6.61 Å². The third kappa shape index (κ3) is 5.62. The summed E-state index contributed by atoms with van der Waals surface area (Å²) >= 11 is 1.59. The molecule has 0 unspecified atom stereocenters. The van der Waals surface area contributed by atoms with Gasteiger partial charge in [-0.05, 0) is 63.1 Å². The molecule has 35 heavy (non-hydrogen) atoms. The average molecular weight is 501 g/mol. The highest BCUT2D eigenvalue weighted by Gasteiger charge is 2.31. The van der Waals surface area contributed by atoms with Gasteiger partial charge in [-0.3, -0.25) is 9.59 Å². The Labute approximate surface area is 204 Å². The van der Waals surface area contributed by atoms with E-state index in [4.69, 9.17) is 4.74 Å². The molecular weight excluding hydrogens is 477 g/mol. The number of carbonyl (C=O) groups excluding carboxylic acids is 2. The second-order valence-corrected chi connectivity index (χ2v) is 9.30. The minimum absolute atomic E-state index is 0.159. The molecule has 0 fully saturated rings. The Bertz CT molecular complexity index is 1360. The highest BCUT2D eigenvalue weighted by molar-refractivity contribution is 7.18. The van der Waals surface area contributed by atoms with Crippen LogP contribution in [-0.4, -0.2) is 27.9 Å². The summed E-state index contributed by atoms with van der Waals surface area (Å²) in [6.07, 6.45) is -3.12. The molecule has 2 aromatic carbocycles. The fourth-order valence-corrected chi connectivity index (χ4v) is 4.98. The van der Waals surface area contributed by atoms with Gasteiger partial charge in [0.25, 0.3) is 0 Å². The smallest absolute Gasteiger partial charge is 0.416 e. The fraction of sp³-hybridized carbons (Fsp3) is 0.269. The fourth-order valence-electron chi connectivity index (χ4n) is 3.97. The summed E-state index contributed by atoms with van der Waals surface area (Å²) in [6.45, 7) is 2.94. The molecule has 0 aliphatic carbocycles. The van der Waals surface area contributed by atoms with Crippen LogP contribution in [0.15, 0.2) is 54.6 Å². The van der Waals surface area contributed by atoms with E-state index < -0.39 is 30.1 Å². The number of esters is 1. The molecular formula is C26H23F3N2O3S. The molecule has 0 radical (unpaired) electrons. The number of halogens is 3. The van der Waals surface area contributed by atoms with Crippen molar-refractivity contribution < 1.29 is 27.5 Å². The Balaban J connectivity index is 1.34. The number of hydrogen-bond donors (Lipinski definition) is 0. The van der Waals surface area contributed by atoms with E-state index in [2.05, 4.69) is 4.98 Å². The number of hydrogen-bond acceptors (Lipinski definition) is 5. The van der Waals surface area contributed by atoms with Crippen LogP contribution in [-0.2, 0) is 22.1 Å². The maximum Gasteiger partial charge on any atom is 0.416 e. The number of Topliss-reactive ketones (excluding diaryl/α,β-unsaturated/α-hetero) is 1. The highest BCUT2D eigenvalue weighted by atomic mass is 32.1. The van der Waals surface area contributed by atoms with Crippen LogP contribution >= 0.6 is 11.3 Å². The number of carbonyl (C=O) groups is 2. The molecule has 0 atom stereocenters. The maximum absolute atomic E-state index is 13.1. The van der Waals surface area contributed by atoms with Crippen LogP contribution in [0.3, 0.4) is 0 Å². The summed E-state index contributed by atoms with van der Waals surface area (Å²) < 4.78 is 47.2. The summed E-state index contributed by atoms with van der Waals surface area (Å²) in [7, 11) is 0. The van der Waals surface area contributed by atoms with E-state index in [1.165, 1.54) is 6.07 Å². The molecule has 0 N–H and O–H groups in total. The van der Waals surface area contributed by atoms with Gasteiger partial charge in [-0.25, -0.2) is 4.98 Å². The second-order valence-electron chi connectivity index (χ2n) is 8.18. The lowest BCUT2D eigenvalue weighted by atomic mass is 10.1. The Morgan fingerprint density at radius 1 is 1.06 bits per heavy atom. The first-order chi connectivity index (χ1) is 16.6.